The lowest BCUT2D eigenvalue weighted by atomic mass is 10.0. The van der Waals surface area contributed by atoms with Crippen LogP contribution in [0.25, 0.3) is 0 Å². The first-order valence-corrected chi connectivity index (χ1v) is 8.07. The zero-order valence-electron chi connectivity index (χ0n) is 13.6. The van der Waals surface area contributed by atoms with Gasteiger partial charge in [0, 0.05) is 31.2 Å². The van der Waals surface area contributed by atoms with Crippen LogP contribution >= 0.6 is 11.6 Å². The molecule has 1 aromatic heterocycles. The van der Waals surface area contributed by atoms with Gasteiger partial charge in [-0.25, -0.2) is 9.97 Å². The number of carbonyl (C=O) groups is 1. The molecule has 2 aromatic rings. The van der Waals surface area contributed by atoms with Crippen molar-refractivity contribution in [3.63, 3.8) is 0 Å². The molecule has 0 radical (unpaired) electrons. The normalized spacial score (nSPS) is 14.9. The Morgan fingerprint density at radius 2 is 2.00 bits per heavy atom. The number of hydrogen-bond acceptors (Lipinski definition) is 5. The number of nitrogens with zero attached hydrogens (tertiary/aromatic N) is 4. The van der Waals surface area contributed by atoms with Gasteiger partial charge in [0.25, 0.3) is 5.91 Å². The highest BCUT2D eigenvalue weighted by Crippen LogP contribution is 2.26. The summed E-state index contributed by atoms with van der Waals surface area (Å²) in [6, 6.07) is 6.65. The molecule has 0 saturated heterocycles. The molecule has 0 bridgehead atoms. The number of halogens is 1. The number of rotatable bonds is 3. The molecule has 6 nitrogen and oxygen atoms in total. The second kappa shape index (κ2) is 6.75. The van der Waals surface area contributed by atoms with Gasteiger partial charge < -0.3 is 14.9 Å². The van der Waals surface area contributed by atoms with Gasteiger partial charge in [-0.05, 0) is 24.1 Å². The number of anilines is 1. The summed E-state index contributed by atoms with van der Waals surface area (Å²) in [7, 11) is 3.87. The van der Waals surface area contributed by atoms with Crippen LogP contribution in [-0.4, -0.2) is 46.5 Å². The number of hydrogen-bond donors (Lipinski definition) is 1. The van der Waals surface area contributed by atoms with Crippen LogP contribution in [0.1, 0.15) is 22.9 Å². The molecule has 2 heterocycles. The molecule has 1 atom stereocenters. The topological polar surface area (TPSA) is 69.6 Å². The summed E-state index contributed by atoms with van der Waals surface area (Å²) >= 11 is 5.85. The van der Waals surface area contributed by atoms with Crippen molar-refractivity contribution >= 4 is 23.3 Å². The molecule has 1 amide bonds. The fourth-order valence-corrected chi connectivity index (χ4v) is 3.00. The van der Waals surface area contributed by atoms with Gasteiger partial charge in [-0.3, -0.25) is 4.79 Å². The summed E-state index contributed by atoms with van der Waals surface area (Å²) in [6.45, 7) is 0.910. The monoisotopic (exact) mass is 346 g/mol. The third-order valence-electron chi connectivity index (χ3n) is 4.14. The van der Waals surface area contributed by atoms with Crippen molar-refractivity contribution in [2.24, 2.45) is 0 Å². The molecule has 126 valence electrons. The van der Waals surface area contributed by atoms with Crippen molar-refractivity contribution < 1.29 is 9.90 Å². The predicted octanol–water partition coefficient (Wildman–Crippen LogP) is 1.81. The highest BCUT2D eigenvalue weighted by molar-refractivity contribution is 6.30. The van der Waals surface area contributed by atoms with Gasteiger partial charge >= 0.3 is 0 Å². The second-order valence-electron chi connectivity index (χ2n) is 5.98. The lowest BCUT2D eigenvalue weighted by molar-refractivity contribution is -0.141. The van der Waals surface area contributed by atoms with Gasteiger partial charge in [0.2, 0.25) is 0 Å². The van der Waals surface area contributed by atoms with Gasteiger partial charge in [-0.2, -0.15) is 0 Å². The number of benzene rings is 1. The van der Waals surface area contributed by atoms with Gasteiger partial charge in [0.15, 0.2) is 6.10 Å². The molecular weight excluding hydrogens is 328 g/mol. The number of fused-ring (bicyclic) bond motifs is 1. The number of amides is 1. The molecule has 1 aliphatic rings. The van der Waals surface area contributed by atoms with Crippen LogP contribution in [0.4, 0.5) is 5.82 Å². The molecule has 1 aliphatic heterocycles. The van der Waals surface area contributed by atoms with Gasteiger partial charge in [0.05, 0.1) is 12.2 Å². The van der Waals surface area contributed by atoms with Crippen LogP contribution in [0.2, 0.25) is 5.02 Å². The quantitative estimate of drug-likeness (QED) is 0.918. The maximum atomic E-state index is 12.6. The highest BCUT2D eigenvalue weighted by Gasteiger charge is 2.29. The van der Waals surface area contributed by atoms with Gasteiger partial charge in [-0.15, -0.1) is 0 Å². The van der Waals surface area contributed by atoms with Crippen molar-refractivity contribution in [3.05, 3.63) is 52.4 Å². The van der Waals surface area contributed by atoms with E-state index in [-0.39, 0.29) is 5.91 Å². The van der Waals surface area contributed by atoms with E-state index in [4.69, 9.17) is 11.6 Å². The largest absolute Gasteiger partial charge is 0.378 e. The molecular formula is C17H19ClN4O2. The van der Waals surface area contributed by atoms with E-state index in [1.54, 1.807) is 29.2 Å². The summed E-state index contributed by atoms with van der Waals surface area (Å²) < 4.78 is 0. The second-order valence-corrected chi connectivity index (χ2v) is 6.42. The summed E-state index contributed by atoms with van der Waals surface area (Å²) in [5.41, 5.74) is 2.43. The molecule has 24 heavy (non-hydrogen) atoms. The van der Waals surface area contributed by atoms with Crippen LogP contribution in [0.3, 0.4) is 0 Å². The Labute approximate surface area is 145 Å². The Bertz CT molecular complexity index is 749. The molecule has 0 unspecified atom stereocenters. The molecule has 1 N–H and O–H groups in total. The first kappa shape index (κ1) is 16.7. The standard InChI is InChI=1S/C17H19ClN4O2/c1-21(2)16-13-7-8-22(9-14(13)19-10-20-16)17(24)15(23)11-3-5-12(18)6-4-11/h3-6,10,15,23H,7-9H2,1-2H3/t15-/m1/s1. The Hall–Kier alpha value is -2.18. The smallest absolute Gasteiger partial charge is 0.256 e. The highest BCUT2D eigenvalue weighted by atomic mass is 35.5. The van der Waals surface area contributed by atoms with E-state index in [9.17, 15) is 9.90 Å². The molecule has 0 fully saturated rings. The Balaban J connectivity index is 1.79. The molecule has 0 spiro atoms. The number of aromatic nitrogens is 2. The van der Waals surface area contributed by atoms with Crippen LogP contribution in [-0.2, 0) is 17.8 Å². The Morgan fingerprint density at radius 3 is 2.67 bits per heavy atom. The lowest BCUT2D eigenvalue weighted by Gasteiger charge is -2.31. The van der Waals surface area contributed by atoms with E-state index in [2.05, 4.69) is 9.97 Å². The first-order chi connectivity index (χ1) is 11.5. The van der Waals surface area contributed by atoms with Crippen molar-refractivity contribution in [1.29, 1.82) is 0 Å². The third kappa shape index (κ3) is 3.20. The zero-order chi connectivity index (χ0) is 17.3. The van der Waals surface area contributed by atoms with Crippen molar-refractivity contribution in [2.45, 2.75) is 19.1 Å². The van der Waals surface area contributed by atoms with E-state index in [1.807, 2.05) is 19.0 Å². The fourth-order valence-electron chi connectivity index (χ4n) is 2.87. The van der Waals surface area contributed by atoms with Crippen LogP contribution < -0.4 is 4.90 Å². The molecule has 0 saturated carbocycles. The van der Waals surface area contributed by atoms with Crippen LogP contribution in [0.15, 0.2) is 30.6 Å². The van der Waals surface area contributed by atoms with E-state index >= 15 is 0 Å². The Kier molecular flexibility index (Phi) is 4.69. The lowest BCUT2D eigenvalue weighted by Crippen LogP contribution is -2.40. The summed E-state index contributed by atoms with van der Waals surface area (Å²) in [5.74, 6) is 0.554. The maximum Gasteiger partial charge on any atom is 0.256 e. The zero-order valence-corrected chi connectivity index (χ0v) is 14.4. The minimum atomic E-state index is -1.20. The molecule has 7 heteroatoms. The van der Waals surface area contributed by atoms with E-state index in [1.165, 1.54) is 6.33 Å². The molecule has 1 aromatic carbocycles. The van der Waals surface area contributed by atoms with E-state index < -0.39 is 6.10 Å². The molecule has 0 aliphatic carbocycles. The maximum absolute atomic E-state index is 12.6. The Morgan fingerprint density at radius 1 is 1.29 bits per heavy atom. The van der Waals surface area contributed by atoms with E-state index in [0.717, 1.165) is 17.1 Å². The van der Waals surface area contributed by atoms with Gasteiger partial charge in [0.1, 0.15) is 12.1 Å². The summed E-state index contributed by atoms with van der Waals surface area (Å²) in [5, 5.41) is 10.9. The fraction of sp³-hybridized carbons (Fsp3) is 0.353. The van der Waals surface area contributed by atoms with Crippen molar-refractivity contribution in [2.75, 3.05) is 25.5 Å². The average molecular weight is 347 g/mol. The van der Waals surface area contributed by atoms with Crippen molar-refractivity contribution in [1.82, 2.24) is 14.9 Å². The summed E-state index contributed by atoms with van der Waals surface area (Å²) in [6.07, 6.45) is 0.986. The van der Waals surface area contributed by atoms with Crippen LogP contribution in [0.5, 0.6) is 0 Å². The van der Waals surface area contributed by atoms with Gasteiger partial charge in [-0.1, -0.05) is 23.7 Å². The van der Waals surface area contributed by atoms with E-state index in [0.29, 0.717) is 30.1 Å². The SMILES string of the molecule is CN(C)c1ncnc2c1CCN(C(=O)[C@H](O)c1ccc(Cl)cc1)C2. The minimum absolute atomic E-state index is 0.326. The third-order valence-corrected chi connectivity index (χ3v) is 4.39. The number of carbonyl (C=O) groups excluding carboxylic acids is 1. The minimum Gasteiger partial charge on any atom is -0.378 e. The number of aliphatic hydroxyl groups is 1. The first-order valence-electron chi connectivity index (χ1n) is 7.69. The predicted molar refractivity (Wildman–Crippen MR) is 91.9 cm³/mol. The van der Waals surface area contributed by atoms with Crippen LogP contribution in [0, 0.1) is 0 Å². The summed E-state index contributed by atoms with van der Waals surface area (Å²) in [4.78, 5) is 24.8. The molecule has 3 rings (SSSR count). The number of aliphatic hydroxyl groups excluding tert-OH is 1. The average Bonchev–Trinajstić information content (AvgIpc) is 2.60. The van der Waals surface area contributed by atoms with Crippen molar-refractivity contribution in [3.8, 4) is 0 Å².